The lowest BCUT2D eigenvalue weighted by molar-refractivity contribution is -0.123. The minimum absolute atomic E-state index is 0.0148. The summed E-state index contributed by atoms with van der Waals surface area (Å²) < 4.78 is 16.9. The number of amides is 1. The Morgan fingerprint density at radius 3 is 2.69 bits per heavy atom. The Bertz CT molecular complexity index is 645. The van der Waals surface area contributed by atoms with E-state index >= 15 is 0 Å². The van der Waals surface area contributed by atoms with Crippen molar-refractivity contribution in [2.24, 2.45) is 0 Å². The SMILES string of the molecule is CC(C)(C)c1cc(NC(=O)[C@@H]2CCCCN2CN2CCS(=O)CC2)no1. The van der Waals surface area contributed by atoms with Gasteiger partial charge < -0.3 is 9.84 Å². The van der Waals surface area contributed by atoms with Crippen LogP contribution in [0.2, 0.25) is 0 Å². The maximum Gasteiger partial charge on any atom is 0.243 e. The zero-order valence-corrected chi connectivity index (χ0v) is 16.8. The molecule has 8 heteroatoms. The van der Waals surface area contributed by atoms with Crippen LogP contribution in [0.1, 0.15) is 45.8 Å². The van der Waals surface area contributed by atoms with Gasteiger partial charge in [0.05, 0.1) is 12.7 Å². The zero-order valence-electron chi connectivity index (χ0n) is 16.0. The quantitative estimate of drug-likeness (QED) is 0.855. The molecule has 0 unspecified atom stereocenters. The molecule has 0 radical (unpaired) electrons. The van der Waals surface area contributed by atoms with Crippen molar-refractivity contribution in [3.05, 3.63) is 11.8 Å². The number of anilines is 1. The summed E-state index contributed by atoms with van der Waals surface area (Å²) in [6.07, 6.45) is 3.03. The van der Waals surface area contributed by atoms with Crippen molar-refractivity contribution in [3.8, 4) is 0 Å². The molecule has 1 aromatic heterocycles. The molecule has 1 atom stereocenters. The fourth-order valence-corrected chi connectivity index (χ4v) is 4.56. The molecule has 0 bridgehead atoms. The molecule has 146 valence electrons. The van der Waals surface area contributed by atoms with Gasteiger partial charge in [-0.15, -0.1) is 0 Å². The average molecular weight is 383 g/mol. The second-order valence-electron chi connectivity index (χ2n) is 8.25. The summed E-state index contributed by atoms with van der Waals surface area (Å²) in [6, 6.07) is 1.66. The molecule has 2 saturated heterocycles. The van der Waals surface area contributed by atoms with Crippen molar-refractivity contribution in [1.82, 2.24) is 15.0 Å². The molecule has 0 aromatic carbocycles. The Morgan fingerprint density at radius 1 is 1.31 bits per heavy atom. The van der Waals surface area contributed by atoms with Gasteiger partial charge in [-0.05, 0) is 12.8 Å². The first-order chi connectivity index (χ1) is 12.3. The van der Waals surface area contributed by atoms with Crippen LogP contribution >= 0.6 is 0 Å². The molecule has 0 aliphatic carbocycles. The number of hydrogen-bond donors (Lipinski definition) is 1. The molecular formula is C18H30N4O3S. The highest BCUT2D eigenvalue weighted by Crippen LogP contribution is 2.25. The Morgan fingerprint density at radius 2 is 2.04 bits per heavy atom. The molecule has 26 heavy (non-hydrogen) atoms. The highest BCUT2D eigenvalue weighted by molar-refractivity contribution is 7.85. The van der Waals surface area contributed by atoms with E-state index in [4.69, 9.17) is 4.52 Å². The number of hydrogen-bond acceptors (Lipinski definition) is 6. The molecule has 1 N–H and O–H groups in total. The lowest BCUT2D eigenvalue weighted by atomic mass is 9.93. The number of likely N-dealkylation sites (tertiary alicyclic amines) is 1. The van der Waals surface area contributed by atoms with Gasteiger partial charge in [0.15, 0.2) is 5.82 Å². The van der Waals surface area contributed by atoms with Crippen LogP contribution in [-0.4, -0.2) is 68.9 Å². The molecule has 0 spiro atoms. The lowest BCUT2D eigenvalue weighted by Gasteiger charge is -2.39. The molecule has 2 aliphatic heterocycles. The molecule has 0 saturated carbocycles. The lowest BCUT2D eigenvalue weighted by Crippen LogP contribution is -2.53. The van der Waals surface area contributed by atoms with E-state index in [1.807, 2.05) is 26.8 Å². The zero-order chi connectivity index (χ0) is 18.7. The Balaban J connectivity index is 1.60. The van der Waals surface area contributed by atoms with Crippen molar-refractivity contribution in [3.63, 3.8) is 0 Å². The first-order valence-electron chi connectivity index (χ1n) is 9.42. The molecule has 7 nitrogen and oxygen atoms in total. The van der Waals surface area contributed by atoms with Gasteiger partial charge in [-0.3, -0.25) is 18.8 Å². The minimum Gasteiger partial charge on any atom is -0.359 e. The molecule has 3 heterocycles. The van der Waals surface area contributed by atoms with Gasteiger partial charge >= 0.3 is 0 Å². The molecule has 2 fully saturated rings. The fourth-order valence-electron chi connectivity index (χ4n) is 3.43. The van der Waals surface area contributed by atoms with E-state index in [1.54, 1.807) is 0 Å². The fraction of sp³-hybridized carbons (Fsp3) is 0.778. The number of rotatable bonds is 4. The van der Waals surface area contributed by atoms with Crippen LogP contribution in [0.3, 0.4) is 0 Å². The van der Waals surface area contributed by atoms with Gasteiger partial charge in [-0.1, -0.05) is 32.3 Å². The normalized spacial score (nSPS) is 23.9. The van der Waals surface area contributed by atoms with Gasteiger partial charge in [0.1, 0.15) is 5.76 Å². The van der Waals surface area contributed by atoms with Crippen molar-refractivity contribution in [2.45, 2.75) is 51.5 Å². The van der Waals surface area contributed by atoms with Crippen LogP contribution < -0.4 is 5.32 Å². The van der Waals surface area contributed by atoms with Gasteiger partial charge in [-0.25, -0.2) is 0 Å². The third-order valence-electron chi connectivity index (χ3n) is 5.07. The standard InChI is InChI=1S/C18H30N4O3S/c1-18(2,3)15-12-16(20-25-15)19-17(23)14-6-4-5-7-22(14)13-21-8-10-26(24)11-9-21/h12,14H,4-11,13H2,1-3H3,(H,19,20,23)/t14-/m0/s1. The van der Waals surface area contributed by atoms with Gasteiger partial charge in [0.2, 0.25) is 5.91 Å². The van der Waals surface area contributed by atoms with E-state index in [-0.39, 0.29) is 17.4 Å². The van der Waals surface area contributed by atoms with Crippen molar-refractivity contribution in [2.75, 3.05) is 43.1 Å². The summed E-state index contributed by atoms with van der Waals surface area (Å²) >= 11 is 0. The monoisotopic (exact) mass is 382 g/mol. The molecular weight excluding hydrogens is 352 g/mol. The summed E-state index contributed by atoms with van der Waals surface area (Å²) in [7, 11) is -0.675. The van der Waals surface area contributed by atoms with Crippen LogP contribution in [-0.2, 0) is 21.0 Å². The minimum atomic E-state index is -0.675. The highest BCUT2D eigenvalue weighted by atomic mass is 32.2. The maximum atomic E-state index is 12.8. The molecule has 1 aromatic rings. The molecule has 3 rings (SSSR count). The van der Waals surface area contributed by atoms with E-state index in [2.05, 4.69) is 20.3 Å². The van der Waals surface area contributed by atoms with Crippen molar-refractivity contribution < 1.29 is 13.5 Å². The van der Waals surface area contributed by atoms with Gasteiger partial charge in [0, 0.05) is 53.4 Å². The summed E-state index contributed by atoms with van der Waals surface area (Å²) in [5.41, 5.74) is -0.138. The molecule has 2 aliphatic rings. The van der Waals surface area contributed by atoms with Crippen LogP contribution in [0, 0.1) is 0 Å². The van der Waals surface area contributed by atoms with E-state index in [0.717, 1.165) is 62.8 Å². The predicted molar refractivity (Wildman–Crippen MR) is 102 cm³/mol. The number of nitrogens with zero attached hydrogens (tertiary/aromatic N) is 3. The second-order valence-corrected chi connectivity index (χ2v) is 9.94. The summed E-state index contributed by atoms with van der Waals surface area (Å²) in [5.74, 6) is 2.70. The van der Waals surface area contributed by atoms with Crippen LogP contribution in [0.25, 0.3) is 0 Å². The first-order valence-corrected chi connectivity index (χ1v) is 10.9. The van der Waals surface area contributed by atoms with Crippen LogP contribution in [0.5, 0.6) is 0 Å². The third kappa shape index (κ3) is 4.92. The topological polar surface area (TPSA) is 78.7 Å². The summed E-state index contributed by atoms with van der Waals surface area (Å²) in [6.45, 7) is 9.52. The highest BCUT2D eigenvalue weighted by Gasteiger charge is 2.31. The Kier molecular flexibility index (Phi) is 6.14. The average Bonchev–Trinajstić information content (AvgIpc) is 3.06. The number of carbonyl (C=O) groups is 1. The number of carbonyl (C=O) groups excluding carboxylic acids is 1. The van der Waals surface area contributed by atoms with E-state index in [1.165, 1.54) is 0 Å². The van der Waals surface area contributed by atoms with Crippen LogP contribution in [0.15, 0.2) is 10.6 Å². The van der Waals surface area contributed by atoms with Gasteiger partial charge in [-0.2, -0.15) is 0 Å². The summed E-state index contributed by atoms with van der Waals surface area (Å²) in [5, 5.41) is 6.92. The Hall–Kier alpha value is -1.25. The third-order valence-corrected chi connectivity index (χ3v) is 6.34. The van der Waals surface area contributed by atoms with E-state index in [9.17, 15) is 9.00 Å². The maximum absolute atomic E-state index is 12.8. The van der Waals surface area contributed by atoms with E-state index < -0.39 is 10.8 Å². The van der Waals surface area contributed by atoms with Crippen molar-refractivity contribution >= 4 is 22.5 Å². The van der Waals surface area contributed by atoms with Gasteiger partial charge in [0.25, 0.3) is 0 Å². The number of nitrogens with one attached hydrogen (secondary N) is 1. The summed E-state index contributed by atoms with van der Waals surface area (Å²) in [4.78, 5) is 17.4. The number of piperidine rings is 1. The smallest absolute Gasteiger partial charge is 0.243 e. The second kappa shape index (κ2) is 8.19. The first kappa shape index (κ1) is 19.5. The Labute approximate surface area is 157 Å². The van der Waals surface area contributed by atoms with Crippen LogP contribution in [0.4, 0.5) is 5.82 Å². The number of aromatic nitrogens is 1. The predicted octanol–water partition coefficient (Wildman–Crippen LogP) is 1.79. The largest absolute Gasteiger partial charge is 0.359 e. The molecule has 1 amide bonds. The van der Waals surface area contributed by atoms with Crippen molar-refractivity contribution in [1.29, 1.82) is 0 Å². The van der Waals surface area contributed by atoms with E-state index in [0.29, 0.717) is 5.82 Å².